The lowest BCUT2D eigenvalue weighted by Gasteiger charge is -2.27. The fraction of sp³-hybridized carbons (Fsp3) is 0.391. The third kappa shape index (κ3) is 4.10. The maximum atomic E-state index is 13.0. The molecule has 0 spiro atoms. The van der Waals surface area contributed by atoms with Gasteiger partial charge in [-0.2, -0.15) is 5.10 Å². The van der Waals surface area contributed by atoms with Gasteiger partial charge in [-0.3, -0.25) is 4.79 Å². The molecule has 0 bridgehead atoms. The molecule has 2 aromatic heterocycles. The Morgan fingerprint density at radius 3 is 2.45 bits per heavy atom. The van der Waals surface area contributed by atoms with Crippen molar-refractivity contribution in [1.82, 2.24) is 25.1 Å². The number of carbonyl (C=O) groups is 1. The number of nitrogens with one attached hydrogen (secondary N) is 1. The highest BCUT2D eigenvalue weighted by Crippen LogP contribution is 2.35. The molecule has 3 aromatic rings. The summed E-state index contributed by atoms with van der Waals surface area (Å²) in [5.41, 5.74) is 4.64. The summed E-state index contributed by atoms with van der Waals surface area (Å²) >= 11 is 0. The maximum absolute atomic E-state index is 13.0. The van der Waals surface area contributed by atoms with E-state index in [4.69, 9.17) is 9.47 Å². The highest BCUT2D eigenvalue weighted by atomic mass is 16.7. The molecule has 0 saturated heterocycles. The Hall–Kier alpha value is -3.42. The van der Waals surface area contributed by atoms with Crippen molar-refractivity contribution in [3.05, 3.63) is 58.2 Å². The minimum absolute atomic E-state index is 0.0882. The van der Waals surface area contributed by atoms with E-state index < -0.39 is 5.54 Å². The zero-order chi connectivity index (χ0) is 22.3. The molecule has 1 aromatic carbocycles. The molecule has 8 heteroatoms. The van der Waals surface area contributed by atoms with E-state index in [0.29, 0.717) is 11.7 Å². The molecule has 4 rings (SSSR count). The van der Waals surface area contributed by atoms with Gasteiger partial charge in [-0.15, -0.1) is 0 Å². The van der Waals surface area contributed by atoms with Crippen molar-refractivity contribution < 1.29 is 14.3 Å². The Balaban J connectivity index is 1.54. The van der Waals surface area contributed by atoms with E-state index in [2.05, 4.69) is 20.4 Å². The molecule has 1 amide bonds. The topological polar surface area (TPSA) is 91.2 Å². The fourth-order valence-electron chi connectivity index (χ4n) is 3.84. The van der Waals surface area contributed by atoms with E-state index in [1.807, 2.05) is 65.8 Å². The largest absolute Gasteiger partial charge is 0.454 e. The van der Waals surface area contributed by atoms with E-state index in [0.717, 1.165) is 39.7 Å². The lowest BCUT2D eigenvalue weighted by molar-refractivity contribution is -0.122. The van der Waals surface area contributed by atoms with Crippen molar-refractivity contribution in [3.8, 4) is 17.4 Å². The molecular formula is C23H27N5O3. The first-order chi connectivity index (χ1) is 14.6. The van der Waals surface area contributed by atoms with Gasteiger partial charge in [0, 0.05) is 22.6 Å². The third-order valence-corrected chi connectivity index (χ3v) is 5.48. The van der Waals surface area contributed by atoms with Crippen LogP contribution in [0.3, 0.4) is 0 Å². The number of carbonyl (C=O) groups excluding carboxylic acids is 1. The summed E-state index contributed by atoms with van der Waals surface area (Å²) in [4.78, 5) is 21.9. The van der Waals surface area contributed by atoms with Crippen LogP contribution in [0.5, 0.6) is 11.5 Å². The van der Waals surface area contributed by atoms with Crippen LogP contribution in [-0.2, 0) is 16.8 Å². The SMILES string of the molecule is Cc1cc(C)nc(-n2nc(C)c(CC(=O)NC(C)(C)c3ccc4c(c3)OCO4)c2C)n1. The molecule has 31 heavy (non-hydrogen) atoms. The molecule has 1 N–H and O–H groups in total. The summed E-state index contributed by atoms with van der Waals surface area (Å²) in [5.74, 6) is 1.85. The van der Waals surface area contributed by atoms with Gasteiger partial charge in [0.05, 0.1) is 17.7 Å². The Labute approximate surface area is 181 Å². The van der Waals surface area contributed by atoms with Crippen molar-refractivity contribution in [2.24, 2.45) is 0 Å². The van der Waals surface area contributed by atoms with Gasteiger partial charge in [-0.25, -0.2) is 14.6 Å². The summed E-state index contributed by atoms with van der Waals surface area (Å²) in [6, 6.07) is 7.64. The van der Waals surface area contributed by atoms with Gasteiger partial charge in [0.1, 0.15) is 0 Å². The summed E-state index contributed by atoms with van der Waals surface area (Å²) in [7, 11) is 0. The van der Waals surface area contributed by atoms with Crippen LogP contribution in [-0.4, -0.2) is 32.4 Å². The van der Waals surface area contributed by atoms with E-state index in [1.165, 1.54) is 0 Å². The number of benzene rings is 1. The van der Waals surface area contributed by atoms with Gasteiger partial charge in [-0.1, -0.05) is 6.07 Å². The lowest BCUT2D eigenvalue weighted by atomic mass is 9.93. The van der Waals surface area contributed by atoms with E-state index in [9.17, 15) is 4.79 Å². The Kier molecular flexibility index (Phi) is 5.16. The van der Waals surface area contributed by atoms with Crippen LogP contribution in [0.15, 0.2) is 24.3 Å². The van der Waals surface area contributed by atoms with Crippen molar-refractivity contribution in [3.63, 3.8) is 0 Å². The first-order valence-corrected chi connectivity index (χ1v) is 10.2. The second-order valence-corrected chi connectivity index (χ2v) is 8.43. The van der Waals surface area contributed by atoms with Crippen molar-refractivity contribution in [2.45, 2.75) is 53.5 Å². The van der Waals surface area contributed by atoms with Crippen LogP contribution in [0.25, 0.3) is 5.95 Å². The minimum Gasteiger partial charge on any atom is -0.454 e. The molecule has 1 aliphatic rings. The van der Waals surface area contributed by atoms with Crippen LogP contribution in [0, 0.1) is 27.7 Å². The number of aryl methyl sites for hydroxylation is 3. The number of fused-ring (bicyclic) bond motifs is 1. The first-order valence-electron chi connectivity index (χ1n) is 10.2. The van der Waals surface area contributed by atoms with Gasteiger partial charge in [0.25, 0.3) is 5.95 Å². The standard InChI is InChI=1S/C23H27N5O3/c1-13-9-14(2)25-22(24-13)28-16(4)18(15(3)27-28)11-21(29)26-23(5,6)17-7-8-19-20(10-17)31-12-30-19/h7-10H,11-12H2,1-6H3,(H,26,29). The number of hydrogen-bond acceptors (Lipinski definition) is 6. The van der Waals surface area contributed by atoms with E-state index in [-0.39, 0.29) is 19.1 Å². The Morgan fingerprint density at radius 1 is 1.06 bits per heavy atom. The number of rotatable bonds is 5. The summed E-state index contributed by atoms with van der Waals surface area (Å²) in [6.07, 6.45) is 0.219. The highest BCUT2D eigenvalue weighted by molar-refractivity contribution is 5.80. The molecular weight excluding hydrogens is 394 g/mol. The molecule has 1 aliphatic heterocycles. The van der Waals surface area contributed by atoms with E-state index >= 15 is 0 Å². The molecule has 0 unspecified atom stereocenters. The van der Waals surface area contributed by atoms with Gasteiger partial charge in [0.2, 0.25) is 12.7 Å². The lowest BCUT2D eigenvalue weighted by Crippen LogP contribution is -2.41. The van der Waals surface area contributed by atoms with Gasteiger partial charge >= 0.3 is 0 Å². The zero-order valence-electron chi connectivity index (χ0n) is 18.7. The van der Waals surface area contributed by atoms with Gasteiger partial charge < -0.3 is 14.8 Å². The number of hydrogen-bond donors (Lipinski definition) is 1. The van der Waals surface area contributed by atoms with Crippen LogP contribution in [0.1, 0.15) is 47.8 Å². The highest BCUT2D eigenvalue weighted by Gasteiger charge is 2.27. The Bertz CT molecular complexity index is 1150. The normalized spacial score (nSPS) is 12.8. The van der Waals surface area contributed by atoms with Crippen molar-refractivity contribution in [1.29, 1.82) is 0 Å². The fourth-order valence-corrected chi connectivity index (χ4v) is 3.84. The smallest absolute Gasteiger partial charge is 0.251 e. The second-order valence-electron chi connectivity index (χ2n) is 8.43. The molecule has 8 nitrogen and oxygen atoms in total. The monoisotopic (exact) mass is 421 g/mol. The molecule has 0 atom stereocenters. The molecule has 0 saturated carbocycles. The predicted molar refractivity (Wildman–Crippen MR) is 116 cm³/mol. The maximum Gasteiger partial charge on any atom is 0.251 e. The summed E-state index contributed by atoms with van der Waals surface area (Å²) in [5, 5.41) is 7.72. The quantitative estimate of drug-likeness (QED) is 0.680. The van der Waals surface area contributed by atoms with E-state index in [1.54, 1.807) is 4.68 Å². The predicted octanol–water partition coefficient (Wildman–Crippen LogP) is 3.22. The average molecular weight is 422 g/mol. The molecule has 162 valence electrons. The number of amides is 1. The zero-order valence-corrected chi connectivity index (χ0v) is 18.7. The minimum atomic E-state index is -0.577. The third-order valence-electron chi connectivity index (χ3n) is 5.48. The van der Waals surface area contributed by atoms with Crippen LogP contribution >= 0.6 is 0 Å². The first kappa shape index (κ1) is 20.8. The second kappa shape index (κ2) is 7.68. The number of nitrogens with zero attached hydrogens (tertiary/aromatic N) is 4. The number of aromatic nitrogens is 4. The summed E-state index contributed by atoms with van der Waals surface area (Å²) < 4.78 is 12.6. The molecule has 0 aliphatic carbocycles. The summed E-state index contributed by atoms with van der Waals surface area (Å²) in [6.45, 7) is 11.8. The van der Waals surface area contributed by atoms with Crippen LogP contribution in [0.2, 0.25) is 0 Å². The van der Waals surface area contributed by atoms with Crippen molar-refractivity contribution >= 4 is 5.91 Å². The van der Waals surface area contributed by atoms with Crippen molar-refractivity contribution in [2.75, 3.05) is 6.79 Å². The average Bonchev–Trinajstić information content (AvgIpc) is 3.26. The molecule has 0 radical (unpaired) electrons. The number of ether oxygens (including phenoxy) is 2. The van der Waals surface area contributed by atoms with Crippen LogP contribution in [0.4, 0.5) is 0 Å². The van der Waals surface area contributed by atoms with Gasteiger partial charge in [-0.05, 0) is 65.3 Å². The molecule has 0 fully saturated rings. The van der Waals surface area contributed by atoms with Crippen LogP contribution < -0.4 is 14.8 Å². The Morgan fingerprint density at radius 2 is 1.74 bits per heavy atom. The molecule has 3 heterocycles. The van der Waals surface area contributed by atoms with Gasteiger partial charge in [0.15, 0.2) is 11.5 Å².